The molecule has 9 heteroatoms. The minimum Gasteiger partial charge on any atom is -0.503 e. The minimum absolute atomic E-state index is 0.0629. The molecule has 31 heavy (non-hydrogen) atoms. The molecule has 2 aromatic carbocycles. The molecular formula is C22H16F6O3. The van der Waals surface area contributed by atoms with Gasteiger partial charge in [0.1, 0.15) is 5.57 Å². The highest BCUT2D eigenvalue weighted by Crippen LogP contribution is 2.37. The Labute approximate surface area is 173 Å². The van der Waals surface area contributed by atoms with E-state index in [4.69, 9.17) is 4.74 Å². The van der Waals surface area contributed by atoms with Gasteiger partial charge in [-0.2, -0.15) is 26.3 Å². The first-order valence-electron chi connectivity index (χ1n) is 8.64. The van der Waals surface area contributed by atoms with Gasteiger partial charge < -0.3 is 9.84 Å². The first-order chi connectivity index (χ1) is 14.4. The van der Waals surface area contributed by atoms with Crippen molar-refractivity contribution >= 4 is 23.7 Å². The van der Waals surface area contributed by atoms with E-state index in [-0.39, 0.29) is 11.6 Å². The van der Waals surface area contributed by atoms with E-state index in [0.29, 0.717) is 17.2 Å². The number of aliphatic carboxylic acids is 1. The number of halogens is 6. The summed E-state index contributed by atoms with van der Waals surface area (Å²) >= 11 is 0. The van der Waals surface area contributed by atoms with Gasteiger partial charge in [0, 0.05) is 0 Å². The van der Waals surface area contributed by atoms with Crippen LogP contribution in [0.3, 0.4) is 0 Å². The van der Waals surface area contributed by atoms with Crippen LogP contribution >= 0.6 is 0 Å². The molecular weight excluding hydrogens is 426 g/mol. The summed E-state index contributed by atoms with van der Waals surface area (Å²) in [7, 11) is 1.28. The molecule has 0 aromatic heterocycles. The van der Waals surface area contributed by atoms with Crippen LogP contribution in [0.15, 0.2) is 60.9 Å². The van der Waals surface area contributed by atoms with Crippen molar-refractivity contribution in [3.8, 4) is 0 Å². The first-order valence-corrected chi connectivity index (χ1v) is 8.64. The molecule has 0 aliphatic rings. The van der Waals surface area contributed by atoms with Gasteiger partial charge in [0.25, 0.3) is 0 Å². The van der Waals surface area contributed by atoms with Gasteiger partial charge in [-0.3, -0.25) is 0 Å². The topological polar surface area (TPSA) is 46.5 Å². The zero-order chi connectivity index (χ0) is 23.2. The summed E-state index contributed by atoms with van der Waals surface area (Å²) in [4.78, 5) is 11.4. The average molecular weight is 442 g/mol. The number of allylic oxidation sites excluding steroid dienone is 2. The molecule has 0 atom stereocenters. The average Bonchev–Trinajstić information content (AvgIpc) is 2.68. The molecule has 0 heterocycles. The number of rotatable bonds is 6. The second kappa shape index (κ2) is 9.55. The molecule has 0 bridgehead atoms. The zero-order valence-corrected chi connectivity index (χ0v) is 16.0. The van der Waals surface area contributed by atoms with Gasteiger partial charge in [-0.15, -0.1) is 0 Å². The van der Waals surface area contributed by atoms with Crippen molar-refractivity contribution in [1.29, 1.82) is 0 Å². The van der Waals surface area contributed by atoms with Crippen LogP contribution < -0.4 is 0 Å². The van der Waals surface area contributed by atoms with E-state index in [0.717, 1.165) is 18.4 Å². The lowest BCUT2D eigenvalue weighted by molar-refractivity contribution is -0.143. The fourth-order valence-electron chi connectivity index (χ4n) is 2.68. The van der Waals surface area contributed by atoms with Crippen molar-refractivity contribution in [1.82, 2.24) is 0 Å². The summed E-state index contributed by atoms with van der Waals surface area (Å²) in [5.41, 5.74) is -2.62. The summed E-state index contributed by atoms with van der Waals surface area (Å²) in [6.07, 6.45) is -3.79. The summed E-state index contributed by atoms with van der Waals surface area (Å²) < 4.78 is 82.6. The molecule has 3 nitrogen and oxygen atoms in total. The van der Waals surface area contributed by atoms with Crippen molar-refractivity contribution in [3.63, 3.8) is 0 Å². The predicted octanol–water partition coefficient (Wildman–Crippen LogP) is 6.52. The number of ether oxygens (including phenoxy) is 1. The van der Waals surface area contributed by atoms with Gasteiger partial charge >= 0.3 is 18.3 Å². The lowest BCUT2D eigenvalue weighted by Crippen LogP contribution is -2.12. The molecule has 0 unspecified atom stereocenters. The van der Waals surface area contributed by atoms with Crippen LogP contribution in [0.1, 0.15) is 27.8 Å². The highest BCUT2D eigenvalue weighted by atomic mass is 19.4. The maximum Gasteiger partial charge on any atom is 0.417 e. The van der Waals surface area contributed by atoms with Crippen LogP contribution in [0.25, 0.3) is 17.7 Å². The van der Waals surface area contributed by atoms with Crippen LogP contribution in [0.4, 0.5) is 26.3 Å². The molecule has 2 rings (SSSR count). The number of alkyl halides is 6. The van der Waals surface area contributed by atoms with Crippen LogP contribution in [0.5, 0.6) is 0 Å². The Morgan fingerprint density at radius 2 is 1.52 bits per heavy atom. The predicted molar refractivity (Wildman–Crippen MR) is 104 cm³/mol. The highest BCUT2D eigenvalue weighted by Gasteiger charge is 2.37. The molecule has 0 aliphatic carbocycles. The number of carboxylic acids is 1. The van der Waals surface area contributed by atoms with Gasteiger partial charge in [-0.25, -0.2) is 4.79 Å². The van der Waals surface area contributed by atoms with Crippen LogP contribution in [0, 0.1) is 0 Å². The fraction of sp³-hybridized carbons (Fsp3) is 0.136. The molecule has 0 fully saturated rings. The second-order valence-electron chi connectivity index (χ2n) is 6.18. The number of hydrogen-bond acceptors (Lipinski definition) is 2. The molecule has 164 valence electrons. The monoisotopic (exact) mass is 442 g/mol. The molecule has 0 spiro atoms. The van der Waals surface area contributed by atoms with Crippen molar-refractivity contribution in [2.24, 2.45) is 0 Å². The number of carbonyl (C=O) groups is 1. The third kappa shape index (κ3) is 6.24. The number of hydrogen-bond donors (Lipinski definition) is 1. The standard InChI is InChI=1S/C22H16F6O3/c1-31-13-18(20(29)30)17-9-5-4-7-14(17)6-2-3-8-15-10-11-16(21(23,24)25)12-19(15)22(26,27)28/h2-13H,1H3,(H,29,30)/b6-2?,8-3?,18-13-. The van der Waals surface area contributed by atoms with E-state index in [2.05, 4.69) is 0 Å². The van der Waals surface area contributed by atoms with Crippen LogP contribution in [-0.2, 0) is 21.9 Å². The van der Waals surface area contributed by atoms with Crippen LogP contribution in [-0.4, -0.2) is 18.2 Å². The van der Waals surface area contributed by atoms with E-state index in [9.17, 15) is 36.2 Å². The molecule has 0 saturated carbocycles. The van der Waals surface area contributed by atoms with Crippen molar-refractivity contribution in [3.05, 3.63) is 88.7 Å². The molecule has 1 N–H and O–H groups in total. The van der Waals surface area contributed by atoms with Gasteiger partial charge in [0.15, 0.2) is 0 Å². The Balaban J connectivity index is 2.38. The van der Waals surface area contributed by atoms with Gasteiger partial charge in [0.05, 0.1) is 24.5 Å². The Hall–Kier alpha value is -3.49. The van der Waals surface area contributed by atoms with Crippen molar-refractivity contribution < 1.29 is 41.0 Å². The molecule has 0 aliphatic heterocycles. The van der Waals surface area contributed by atoms with E-state index in [1.165, 1.54) is 31.4 Å². The molecule has 2 aromatic rings. The number of carboxylic acid groups (broad SMARTS) is 1. The maximum absolute atomic E-state index is 13.2. The smallest absolute Gasteiger partial charge is 0.417 e. The molecule has 0 amide bonds. The Morgan fingerprint density at radius 3 is 2.06 bits per heavy atom. The van der Waals surface area contributed by atoms with Gasteiger partial charge in [0.2, 0.25) is 0 Å². The zero-order valence-electron chi connectivity index (χ0n) is 16.0. The summed E-state index contributed by atoms with van der Waals surface area (Å²) in [6.45, 7) is 0. The Kier molecular flexibility index (Phi) is 7.32. The Morgan fingerprint density at radius 1 is 0.903 bits per heavy atom. The quantitative estimate of drug-likeness (QED) is 0.240. The lowest BCUT2D eigenvalue weighted by atomic mass is 10.00. The largest absolute Gasteiger partial charge is 0.503 e. The second-order valence-corrected chi connectivity index (χ2v) is 6.18. The fourth-order valence-corrected chi connectivity index (χ4v) is 2.68. The summed E-state index contributed by atoms with van der Waals surface area (Å²) in [5, 5.41) is 9.32. The maximum atomic E-state index is 13.2. The number of methoxy groups -OCH3 is 1. The van der Waals surface area contributed by atoms with Crippen LogP contribution in [0.2, 0.25) is 0 Å². The van der Waals surface area contributed by atoms with E-state index >= 15 is 0 Å². The third-order valence-corrected chi connectivity index (χ3v) is 4.07. The SMILES string of the molecule is CO/C=C(\C(=O)O)c1ccccc1C=CC=Cc1ccc(C(F)(F)F)cc1C(F)(F)F. The Bertz CT molecular complexity index is 1030. The molecule has 0 radical (unpaired) electrons. The van der Waals surface area contributed by atoms with Gasteiger partial charge in [-0.05, 0) is 28.8 Å². The first kappa shape index (κ1) is 23.8. The minimum atomic E-state index is -4.97. The lowest BCUT2D eigenvalue weighted by Gasteiger charge is -2.14. The summed E-state index contributed by atoms with van der Waals surface area (Å²) in [6, 6.07) is 7.73. The summed E-state index contributed by atoms with van der Waals surface area (Å²) in [5.74, 6) is -1.24. The number of benzene rings is 2. The van der Waals surface area contributed by atoms with E-state index < -0.39 is 35.0 Å². The van der Waals surface area contributed by atoms with E-state index in [1.54, 1.807) is 18.2 Å². The van der Waals surface area contributed by atoms with E-state index in [1.807, 2.05) is 0 Å². The van der Waals surface area contributed by atoms with Gasteiger partial charge in [-0.1, -0.05) is 54.6 Å². The van der Waals surface area contributed by atoms with Crippen molar-refractivity contribution in [2.75, 3.05) is 7.11 Å². The highest BCUT2D eigenvalue weighted by molar-refractivity contribution is 6.16. The molecule has 0 saturated heterocycles. The van der Waals surface area contributed by atoms with Crippen molar-refractivity contribution in [2.45, 2.75) is 12.4 Å². The third-order valence-electron chi connectivity index (χ3n) is 4.07. The normalized spacial score (nSPS) is 13.2.